The standard InChI is InChI=1S/C34H37BN2O6/c1-42-20-22-17-28-31(34(40)37(33(28)39)23-13-15-36(16-14-23)19-21-7-3-2-4-8-21)27-18-30(43-35(41)32(22)27)26-11-12-29(38)25-10-6-5-9-24(25)26/h2-12,23,27-28,30-31,38,41H,13-20H2,1H3/t27-,28-,30-,31+/m0/s1. The Bertz CT molecular complexity index is 1570. The number of hydrogen-bond donors (Lipinski definition) is 2. The van der Waals surface area contributed by atoms with E-state index in [9.17, 15) is 19.7 Å². The Labute approximate surface area is 252 Å². The molecule has 3 fully saturated rings. The topological polar surface area (TPSA) is 99.5 Å². The zero-order valence-electron chi connectivity index (χ0n) is 24.4. The number of fused-ring (bicyclic) bond motifs is 4. The van der Waals surface area contributed by atoms with E-state index >= 15 is 0 Å². The molecule has 2 N–H and O–H groups in total. The second-order valence-electron chi connectivity index (χ2n) is 12.4. The summed E-state index contributed by atoms with van der Waals surface area (Å²) in [5, 5.41) is 23.4. The summed E-state index contributed by atoms with van der Waals surface area (Å²) in [5.74, 6) is -1.36. The fourth-order valence-corrected chi connectivity index (χ4v) is 8.07. The molecule has 222 valence electrons. The molecule has 3 aromatic carbocycles. The molecule has 3 aromatic rings. The lowest BCUT2D eigenvalue weighted by molar-refractivity contribution is -0.144. The summed E-state index contributed by atoms with van der Waals surface area (Å²) in [6, 6.07) is 21.3. The predicted octanol–water partition coefficient (Wildman–Crippen LogP) is 4.26. The molecule has 3 aliphatic heterocycles. The number of likely N-dealkylation sites (tertiary alicyclic amines) is 2. The number of imide groups is 1. The Kier molecular flexibility index (Phi) is 7.59. The molecule has 0 aromatic heterocycles. The van der Waals surface area contributed by atoms with Crippen LogP contribution in [0.1, 0.15) is 42.9 Å². The lowest BCUT2D eigenvalue weighted by Gasteiger charge is -2.42. The monoisotopic (exact) mass is 580 g/mol. The van der Waals surface area contributed by atoms with Crippen molar-refractivity contribution < 1.29 is 29.1 Å². The van der Waals surface area contributed by atoms with Gasteiger partial charge in [0.1, 0.15) is 5.75 Å². The van der Waals surface area contributed by atoms with Gasteiger partial charge >= 0.3 is 7.12 Å². The number of carbonyl (C=O) groups excluding carboxylic acids is 2. The SMILES string of the molecule is COCC1=C2B(O)O[C@H](c3ccc(O)c4ccccc34)C[C@H]2[C@H]2C(=O)N(C3CCN(Cc4ccccc4)CC3)C(=O)[C@H]2C1. The van der Waals surface area contributed by atoms with Gasteiger partial charge in [-0.3, -0.25) is 19.4 Å². The zero-order chi connectivity index (χ0) is 29.7. The molecule has 9 heteroatoms. The van der Waals surface area contributed by atoms with Crippen molar-refractivity contribution in [3.05, 3.63) is 88.9 Å². The quantitative estimate of drug-likeness (QED) is 0.332. The number of allylic oxidation sites excluding steroid dienone is 1. The number of phenolic OH excluding ortho intramolecular Hbond substituents is 1. The largest absolute Gasteiger partial charge is 0.507 e. The van der Waals surface area contributed by atoms with Crippen LogP contribution in [0.25, 0.3) is 10.8 Å². The van der Waals surface area contributed by atoms with E-state index in [1.54, 1.807) is 18.1 Å². The van der Waals surface area contributed by atoms with Crippen molar-refractivity contribution in [2.24, 2.45) is 17.8 Å². The summed E-state index contributed by atoms with van der Waals surface area (Å²) < 4.78 is 11.7. The van der Waals surface area contributed by atoms with Crippen LogP contribution in [0.4, 0.5) is 0 Å². The van der Waals surface area contributed by atoms with Crippen LogP contribution in [-0.2, 0) is 25.5 Å². The Morgan fingerprint density at radius 1 is 0.930 bits per heavy atom. The van der Waals surface area contributed by atoms with Crippen molar-refractivity contribution in [3.63, 3.8) is 0 Å². The van der Waals surface area contributed by atoms with Gasteiger partial charge in [-0.2, -0.15) is 0 Å². The summed E-state index contributed by atoms with van der Waals surface area (Å²) in [6.07, 6.45) is 1.86. The Balaban J connectivity index is 1.16. The highest BCUT2D eigenvalue weighted by atomic mass is 16.5. The van der Waals surface area contributed by atoms with Gasteiger partial charge in [-0.15, -0.1) is 0 Å². The molecule has 0 unspecified atom stereocenters. The molecule has 0 saturated carbocycles. The highest BCUT2D eigenvalue weighted by Crippen LogP contribution is 2.52. The van der Waals surface area contributed by atoms with Gasteiger partial charge in [-0.25, -0.2) is 0 Å². The second-order valence-corrected chi connectivity index (χ2v) is 12.4. The van der Waals surface area contributed by atoms with Crippen molar-refractivity contribution in [1.29, 1.82) is 0 Å². The minimum absolute atomic E-state index is 0.0863. The Hall–Kier alpha value is -3.50. The maximum atomic E-state index is 14.2. The van der Waals surface area contributed by atoms with E-state index < -0.39 is 25.1 Å². The van der Waals surface area contributed by atoms with Gasteiger partial charge in [0.25, 0.3) is 0 Å². The minimum Gasteiger partial charge on any atom is -0.507 e. The van der Waals surface area contributed by atoms with Crippen LogP contribution in [0, 0.1) is 17.8 Å². The van der Waals surface area contributed by atoms with Crippen LogP contribution >= 0.6 is 0 Å². The number of phenols is 1. The van der Waals surface area contributed by atoms with Crippen molar-refractivity contribution in [3.8, 4) is 5.75 Å². The minimum atomic E-state index is -1.21. The molecule has 1 aliphatic carbocycles. The number of benzene rings is 3. The number of rotatable bonds is 6. The van der Waals surface area contributed by atoms with Gasteiger partial charge in [0.2, 0.25) is 11.8 Å². The maximum Gasteiger partial charge on any atom is 0.487 e. The van der Waals surface area contributed by atoms with E-state index in [4.69, 9.17) is 9.39 Å². The average Bonchev–Trinajstić information content (AvgIpc) is 3.27. The summed E-state index contributed by atoms with van der Waals surface area (Å²) in [5.41, 5.74) is 3.67. The van der Waals surface area contributed by atoms with Crippen molar-refractivity contribution in [2.45, 2.75) is 44.4 Å². The summed E-state index contributed by atoms with van der Waals surface area (Å²) in [6.45, 7) is 2.80. The number of hydrogen-bond acceptors (Lipinski definition) is 7. The molecular formula is C34H37BN2O6. The first-order chi connectivity index (χ1) is 20.9. The number of aromatic hydroxyl groups is 1. The number of carbonyl (C=O) groups is 2. The summed E-state index contributed by atoms with van der Waals surface area (Å²) >= 11 is 0. The third-order valence-corrected chi connectivity index (χ3v) is 10.0. The fourth-order valence-electron chi connectivity index (χ4n) is 8.07. The van der Waals surface area contributed by atoms with Gasteiger partial charge < -0.3 is 19.5 Å². The van der Waals surface area contributed by atoms with Crippen LogP contribution in [0.5, 0.6) is 5.75 Å². The van der Waals surface area contributed by atoms with E-state index in [0.29, 0.717) is 23.7 Å². The molecule has 0 spiro atoms. The first-order valence-corrected chi connectivity index (χ1v) is 15.3. The molecule has 3 heterocycles. The van der Waals surface area contributed by atoms with E-state index in [2.05, 4.69) is 17.0 Å². The van der Waals surface area contributed by atoms with Crippen LogP contribution in [0.2, 0.25) is 0 Å². The maximum absolute atomic E-state index is 14.2. The Morgan fingerprint density at radius 3 is 2.40 bits per heavy atom. The predicted molar refractivity (Wildman–Crippen MR) is 163 cm³/mol. The smallest absolute Gasteiger partial charge is 0.487 e. The third kappa shape index (κ3) is 4.98. The van der Waals surface area contributed by atoms with Crippen molar-refractivity contribution >= 4 is 29.7 Å². The average molecular weight is 580 g/mol. The number of ether oxygens (including phenoxy) is 1. The van der Waals surface area contributed by atoms with Crippen LogP contribution < -0.4 is 0 Å². The third-order valence-electron chi connectivity index (χ3n) is 10.0. The Morgan fingerprint density at radius 2 is 1.65 bits per heavy atom. The van der Waals surface area contributed by atoms with Crippen LogP contribution in [-0.4, -0.2) is 71.7 Å². The number of methoxy groups -OCH3 is 1. The van der Waals surface area contributed by atoms with Crippen LogP contribution in [0.15, 0.2) is 77.8 Å². The van der Waals surface area contributed by atoms with Gasteiger partial charge in [0, 0.05) is 38.2 Å². The molecule has 43 heavy (non-hydrogen) atoms. The summed E-state index contributed by atoms with van der Waals surface area (Å²) in [7, 11) is 0.397. The molecule has 4 aliphatic rings. The van der Waals surface area contributed by atoms with Crippen LogP contribution in [0.3, 0.4) is 0 Å². The molecular weight excluding hydrogens is 543 g/mol. The zero-order valence-corrected chi connectivity index (χ0v) is 24.4. The lowest BCUT2D eigenvalue weighted by atomic mass is 9.55. The number of nitrogens with zero attached hydrogens (tertiary/aromatic N) is 2. The molecule has 8 nitrogen and oxygen atoms in total. The van der Waals surface area contributed by atoms with Gasteiger partial charge in [0.15, 0.2) is 0 Å². The number of amides is 2. The highest BCUT2D eigenvalue weighted by molar-refractivity contribution is 6.53. The first kappa shape index (κ1) is 28.3. The molecule has 0 radical (unpaired) electrons. The van der Waals surface area contributed by atoms with Gasteiger partial charge in [-0.1, -0.05) is 60.7 Å². The van der Waals surface area contributed by atoms with Crippen molar-refractivity contribution in [2.75, 3.05) is 26.8 Å². The molecule has 4 atom stereocenters. The van der Waals surface area contributed by atoms with E-state index in [1.165, 1.54) is 5.56 Å². The van der Waals surface area contributed by atoms with E-state index in [-0.39, 0.29) is 36.1 Å². The molecule has 7 rings (SSSR count). The highest BCUT2D eigenvalue weighted by Gasteiger charge is 2.59. The van der Waals surface area contributed by atoms with E-state index in [0.717, 1.165) is 49.0 Å². The van der Waals surface area contributed by atoms with E-state index in [1.807, 2.05) is 48.5 Å². The van der Waals surface area contributed by atoms with Gasteiger partial charge in [0.05, 0.1) is 24.5 Å². The van der Waals surface area contributed by atoms with Crippen molar-refractivity contribution in [1.82, 2.24) is 9.80 Å². The molecule has 2 amide bonds. The molecule has 0 bridgehead atoms. The lowest BCUT2D eigenvalue weighted by Crippen LogP contribution is -2.48. The normalized spacial score (nSPS) is 26.7. The number of piperidine rings is 1. The molecule has 3 saturated heterocycles. The summed E-state index contributed by atoms with van der Waals surface area (Å²) in [4.78, 5) is 32.2. The fraction of sp³-hybridized carbons (Fsp3) is 0.412. The first-order valence-electron chi connectivity index (χ1n) is 15.3. The van der Waals surface area contributed by atoms with Gasteiger partial charge in [-0.05, 0) is 65.2 Å². The second kappa shape index (κ2) is 11.5.